The van der Waals surface area contributed by atoms with Gasteiger partial charge >= 0.3 is 0 Å². The molecule has 0 unspecified atom stereocenters. The lowest BCUT2D eigenvalue weighted by Crippen LogP contribution is -2.53. The molecular formula is C9H14N2O4S. The third kappa shape index (κ3) is 4.19. The van der Waals surface area contributed by atoms with E-state index in [0.29, 0.717) is 6.61 Å². The minimum absolute atomic E-state index is 0.0323. The monoisotopic (exact) mass is 246 g/mol. The zero-order valence-electron chi connectivity index (χ0n) is 9.02. The van der Waals surface area contributed by atoms with Crippen LogP contribution in [0, 0.1) is 0 Å². The molecule has 7 heteroatoms. The lowest BCUT2D eigenvalue weighted by atomic mass is 10.3. The SMILES string of the molecule is COCCSCC(=O)N1CC(=O)NC(=O)C1. The van der Waals surface area contributed by atoms with Gasteiger partial charge in [-0.15, -0.1) is 11.8 Å². The molecule has 0 aromatic heterocycles. The Morgan fingerprint density at radius 3 is 2.62 bits per heavy atom. The van der Waals surface area contributed by atoms with Crippen LogP contribution in [0.4, 0.5) is 0 Å². The number of piperazine rings is 1. The molecule has 3 amide bonds. The smallest absolute Gasteiger partial charge is 0.246 e. The average molecular weight is 246 g/mol. The molecule has 1 fully saturated rings. The van der Waals surface area contributed by atoms with Gasteiger partial charge in [-0.25, -0.2) is 0 Å². The van der Waals surface area contributed by atoms with E-state index in [2.05, 4.69) is 5.32 Å². The summed E-state index contributed by atoms with van der Waals surface area (Å²) in [6.45, 7) is 0.516. The summed E-state index contributed by atoms with van der Waals surface area (Å²) in [5.41, 5.74) is 0. The lowest BCUT2D eigenvalue weighted by Gasteiger charge is -2.25. The number of methoxy groups -OCH3 is 1. The van der Waals surface area contributed by atoms with Crippen molar-refractivity contribution in [1.82, 2.24) is 10.2 Å². The Balaban J connectivity index is 2.30. The highest BCUT2D eigenvalue weighted by Crippen LogP contribution is 2.04. The van der Waals surface area contributed by atoms with E-state index in [0.717, 1.165) is 5.75 Å². The van der Waals surface area contributed by atoms with Gasteiger partial charge in [0.25, 0.3) is 0 Å². The van der Waals surface area contributed by atoms with Crippen molar-refractivity contribution in [3.63, 3.8) is 0 Å². The second kappa shape index (κ2) is 6.49. The van der Waals surface area contributed by atoms with Crippen molar-refractivity contribution < 1.29 is 19.1 Å². The number of hydrogen-bond acceptors (Lipinski definition) is 5. The van der Waals surface area contributed by atoms with Crippen LogP contribution in [-0.4, -0.2) is 60.9 Å². The highest BCUT2D eigenvalue weighted by Gasteiger charge is 2.25. The van der Waals surface area contributed by atoms with Crippen LogP contribution in [0.25, 0.3) is 0 Å². The minimum atomic E-state index is -0.425. The molecule has 0 aliphatic carbocycles. The summed E-state index contributed by atoms with van der Waals surface area (Å²) in [5.74, 6) is -0.0533. The molecule has 90 valence electrons. The van der Waals surface area contributed by atoms with Gasteiger partial charge < -0.3 is 9.64 Å². The third-order valence-electron chi connectivity index (χ3n) is 1.96. The molecule has 1 heterocycles. The molecule has 0 saturated carbocycles. The number of amides is 3. The maximum absolute atomic E-state index is 11.6. The number of carbonyl (C=O) groups is 3. The van der Waals surface area contributed by atoms with Gasteiger partial charge in [0.2, 0.25) is 17.7 Å². The highest BCUT2D eigenvalue weighted by molar-refractivity contribution is 7.99. The standard InChI is InChI=1S/C9H14N2O4S/c1-15-2-3-16-6-9(14)11-4-7(12)10-8(13)5-11/h2-6H2,1H3,(H,10,12,13). The zero-order valence-corrected chi connectivity index (χ0v) is 9.84. The number of imide groups is 1. The molecule has 1 N–H and O–H groups in total. The summed E-state index contributed by atoms with van der Waals surface area (Å²) < 4.78 is 4.84. The van der Waals surface area contributed by atoms with E-state index in [1.54, 1.807) is 7.11 Å². The van der Waals surface area contributed by atoms with E-state index >= 15 is 0 Å². The Labute approximate surface area is 97.7 Å². The van der Waals surface area contributed by atoms with E-state index in [4.69, 9.17) is 4.74 Å². The van der Waals surface area contributed by atoms with Gasteiger partial charge in [0.05, 0.1) is 12.4 Å². The highest BCUT2D eigenvalue weighted by atomic mass is 32.2. The van der Waals surface area contributed by atoms with Crippen molar-refractivity contribution in [3.8, 4) is 0 Å². The summed E-state index contributed by atoms with van der Waals surface area (Å²) in [6.07, 6.45) is 0. The molecule has 1 aliphatic heterocycles. The van der Waals surface area contributed by atoms with E-state index < -0.39 is 11.8 Å². The van der Waals surface area contributed by atoms with Crippen LogP contribution in [0.15, 0.2) is 0 Å². The number of thioether (sulfide) groups is 1. The van der Waals surface area contributed by atoms with E-state index in [1.165, 1.54) is 16.7 Å². The molecule has 0 atom stereocenters. The first-order valence-corrected chi connectivity index (χ1v) is 5.96. The van der Waals surface area contributed by atoms with Gasteiger partial charge in [0.1, 0.15) is 13.1 Å². The van der Waals surface area contributed by atoms with E-state index in [9.17, 15) is 14.4 Å². The van der Waals surface area contributed by atoms with Gasteiger partial charge in [-0.1, -0.05) is 0 Å². The van der Waals surface area contributed by atoms with Crippen LogP contribution >= 0.6 is 11.8 Å². The molecule has 0 spiro atoms. The van der Waals surface area contributed by atoms with Gasteiger partial charge in [-0.2, -0.15) is 0 Å². The molecule has 1 saturated heterocycles. The number of rotatable bonds is 5. The molecule has 6 nitrogen and oxygen atoms in total. The Morgan fingerprint density at radius 1 is 1.44 bits per heavy atom. The molecular weight excluding hydrogens is 232 g/mol. The van der Waals surface area contributed by atoms with Crippen molar-refractivity contribution in [1.29, 1.82) is 0 Å². The summed E-state index contributed by atoms with van der Waals surface area (Å²) in [4.78, 5) is 34.9. The Bertz CT molecular complexity index is 279. The van der Waals surface area contributed by atoms with Crippen LogP contribution in [-0.2, 0) is 19.1 Å². The normalized spacial score (nSPS) is 16.2. The largest absolute Gasteiger partial charge is 0.384 e. The maximum Gasteiger partial charge on any atom is 0.246 e. The molecule has 0 bridgehead atoms. The summed E-state index contributed by atoms with van der Waals surface area (Å²) >= 11 is 1.42. The molecule has 16 heavy (non-hydrogen) atoms. The summed E-state index contributed by atoms with van der Waals surface area (Å²) in [6, 6.07) is 0. The van der Waals surface area contributed by atoms with Crippen molar-refractivity contribution in [2.75, 3.05) is 38.3 Å². The van der Waals surface area contributed by atoms with Crippen molar-refractivity contribution in [2.45, 2.75) is 0 Å². The van der Waals surface area contributed by atoms with Crippen LogP contribution in [0.2, 0.25) is 0 Å². The zero-order chi connectivity index (χ0) is 12.0. The van der Waals surface area contributed by atoms with Crippen LogP contribution in [0.3, 0.4) is 0 Å². The fraction of sp³-hybridized carbons (Fsp3) is 0.667. The number of nitrogens with zero attached hydrogens (tertiary/aromatic N) is 1. The van der Waals surface area contributed by atoms with Gasteiger partial charge in [-0.3, -0.25) is 19.7 Å². The molecule has 0 radical (unpaired) electrons. The number of carbonyl (C=O) groups excluding carboxylic acids is 3. The van der Waals surface area contributed by atoms with Crippen LogP contribution in [0.5, 0.6) is 0 Å². The molecule has 0 aromatic carbocycles. The van der Waals surface area contributed by atoms with E-state index in [-0.39, 0.29) is 24.7 Å². The summed E-state index contributed by atoms with van der Waals surface area (Å²) in [7, 11) is 1.59. The van der Waals surface area contributed by atoms with Gasteiger partial charge in [-0.05, 0) is 0 Å². The predicted octanol–water partition coefficient (Wildman–Crippen LogP) is -1.15. The first-order valence-electron chi connectivity index (χ1n) is 4.80. The Morgan fingerprint density at radius 2 is 2.06 bits per heavy atom. The molecule has 1 rings (SSSR count). The number of hydrogen-bond donors (Lipinski definition) is 1. The fourth-order valence-electron chi connectivity index (χ4n) is 1.21. The van der Waals surface area contributed by atoms with Crippen LogP contribution < -0.4 is 5.32 Å². The van der Waals surface area contributed by atoms with E-state index in [1.807, 2.05) is 0 Å². The first-order chi connectivity index (χ1) is 7.63. The second-order valence-electron chi connectivity index (χ2n) is 3.27. The Kier molecular flexibility index (Phi) is 5.27. The predicted molar refractivity (Wildman–Crippen MR) is 58.9 cm³/mol. The topological polar surface area (TPSA) is 75.7 Å². The lowest BCUT2D eigenvalue weighted by molar-refractivity contribution is -0.144. The van der Waals surface area contributed by atoms with Crippen LogP contribution in [0.1, 0.15) is 0 Å². The quantitative estimate of drug-likeness (QED) is 0.490. The van der Waals surface area contributed by atoms with Gasteiger partial charge in [0.15, 0.2) is 0 Å². The summed E-state index contributed by atoms with van der Waals surface area (Å²) in [5, 5.41) is 2.14. The van der Waals surface area contributed by atoms with Gasteiger partial charge in [0, 0.05) is 12.9 Å². The third-order valence-corrected chi connectivity index (χ3v) is 2.86. The molecule has 0 aromatic rings. The van der Waals surface area contributed by atoms with Crippen molar-refractivity contribution in [3.05, 3.63) is 0 Å². The fourth-order valence-corrected chi connectivity index (χ4v) is 1.99. The minimum Gasteiger partial charge on any atom is -0.384 e. The second-order valence-corrected chi connectivity index (χ2v) is 4.37. The Hall–Kier alpha value is -1.08. The first kappa shape index (κ1) is 13.0. The maximum atomic E-state index is 11.6. The number of nitrogens with one attached hydrogen (secondary N) is 1. The molecule has 1 aliphatic rings. The number of ether oxygens (including phenoxy) is 1. The van der Waals surface area contributed by atoms with Crippen molar-refractivity contribution in [2.24, 2.45) is 0 Å². The van der Waals surface area contributed by atoms with Crippen molar-refractivity contribution >= 4 is 29.5 Å². The average Bonchev–Trinajstić information content (AvgIpc) is 2.22.